The molecular formula is C26H32N4O2. The summed E-state index contributed by atoms with van der Waals surface area (Å²) in [7, 11) is 2.09. The molecule has 0 aliphatic carbocycles. The van der Waals surface area contributed by atoms with Crippen LogP contribution in [0.4, 0.5) is 0 Å². The number of ether oxygens (including phenoxy) is 1. The molecule has 6 nitrogen and oxygen atoms in total. The van der Waals surface area contributed by atoms with Crippen LogP contribution >= 0.6 is 0 Å². The molecule has 2 aliphatic rings. The van der Waals surface area contributed by atoms with Crippen molar-refractivity contribution in [2.24, 2.45) is 0 Å². The van der Waals surface area contributed by atoms with Gasteiger partial charge in [-0.15, -0.1) is 0 Å². The predicted molar refractivity (Wildman–Crippen MR) is 126 cm³/mol. The van der Waals surface area contributed by atoms with E-state index in [0.29, 0.717) is 18.6 Å². The molecule has 3 heterocycles. The minimum absolute atomic E-state index is 0.0595. The monoisotopic (exact) mass is 432 g/mol. The van der Waals surface area contributed by atoms with Crippen molar-refractivity contribution in [3.8, 4) is 5.75 Å². The van der Waals surface area contributed by atoms with Gasteiger partial charge in [0.15, 0.2) is 0 Å². The number of likely N-dealkylation sites (N-methyl/N-ethyl adjacent to an activating group) is 1. The van der Waals surface area contributed by atoms with Crippen LogP contribution in [-0.2, 0) is 11.4 Å². The normalized spacial score (nSPS) is 20.5. The standard InChI is InChI=1S/C26H32N4O2/c1-28-16-8-7-13-24(28)26(31)29-17-14-20(15-18-29)30-23-12-6-5-11-22(23)27-25(30)19-32-21-9-3-2-4-10-21/h2-6,9-12,20,24H,7-8,13-19H2,1H3. The van der Waals surface area contributed by atoms with Gasteiger partial charge in [-0.25, -0.2) is 4.98 Å². The lowest BCUT2D eigenvalue weighted by Crippen LogP contribution is -2.51. The largest absolute Gasteiger partial charge is 0.486 e. The number of nitrogens with zero attached hydrogens (tertiary/aromatic N) is 4. The smallest absolute Gasteiger partial charge is 0.239 e. The van der Waals surface area contributed by atoms with E-state index in [1.807, 2.05) is 36.4 Å². The third-order valence-corrected chi connectivity index (χ3v) is 6.98. The number of rotatable bonds is 5. The van der Waals surface area contributed by atoms with Gasteiger partial charge in [0.25, 0.3) is 0 Å². The summed E-state index contributed by atoms with van der Waals surface area (Å²) >= 11 is 0. The second-order valence-corrected chi connectivity index (χ2v) is 9.04. The number of carbonyl (C=O) groups excluding carboxylic acids is 1. The maximum atomic E-state index is 13.1. The molecule has 1 amide bonds. The lowest BCUT2D eigenvalue weighted by molar-refractivity contribution is -0.139. The van der Waals surface area contributed by atoms with E-state index in [9.17, 15) is 4.79 Å². The van der Waals surface area contributed by atoms with Crippen LogP contribution in [0.1, 0.15) is 44.0 Å². The molecule has 5 rings (SSSR count). The van der Waals surface area contributed by atoms with Crippen molar-refractivity contribution < 1.29 is 9.53 Å². The van der Waals surface area contributed by atoms with Crippen molar-refractivity contribution in [1.29, 1.82) is 0 Å². The van der Waals surface area contributed by atoms with Crippen molar-refractivity contribution in [2.75, 3.05) is 26.7 Å². The molecule has 3 aromatic rings. The van der Waals surface area contributed by atoms with Gasteiger partial charge < -0.3 is 14.2 Å². The van der Waals surface area contributed by atoms with E-state index < -0.39 is 0 Å². The molecule has 2 aliphatic heterocycles. The summed E-state index contributed by atoms with van der Waals surface area (Å²) in [5.41, 5.74) is 2.15. The quantitative estimate of drug-likeness (QED) is 0.604. The van der Waals surface area contributed by atoms with Crippen molar-refractivity contribution in [3.63, 3.8) is 0 Å². The molecule has 2 saturated heterocycles. The average molecular weight is 433 g/mol. The summed E-state index contributed by atoms with van der Waals surface area (Å²) in [5, 5.41) is 0. The Morgan fingerprint density at radius 3 is 2.50 bits per heavy atom. The summed E-state index contributed by atoms with van der Waals surface area (Å²) in [6, 6.07) is 18.6. The van der Waals surface area contributed by atoms with Gasteiger partial charge in [-0.05, 0) is 63.5 Å². The van der Waals surface area contributed by atoms with Gasteiger partial charge in [0.2, 0.25) is 5.91 Å². The number of amides is 1. The topological polar surface area (TPSA) is 50.6 Å². The van der Waals surface area contributed by atoms with Crippen molar-refractivity contribution in [3.05, 3.63) is 60.4 Å². The van der Waals surface area contributed by atoms with E-state index in [4.69, 9.17) is 9.72 Å². The number of likely N-dealkylation sites (tertiary alicyclic amines) is 2. The number of fused-ring (bicyclic) bond motifs is 1. The van der Waals surface area contributed by atoms with Gasteiger partial charge in [-0.1, -0.05) is 36.8 Å². The van der Waals surface area contributed by atoms with Crippen molar-refractivity contribution in [1.82, 2.24) is 19.4 Å². The number of aromatic nitrogens is 2. The number of hydrogen-bond acceptors (Lipinski definition) is 4. The third kappa shape index (κ3) is 4.24. The van der Waals surface area contributed by atoms with Gasteiger partial charge in [0.1, 0.15) is 18.2 Å². The first-order valence-corrected chi connectivity index (χ1v) is 11.8. The Morgan fingerprint density at radius 2 is 1.72 bits per heavy atom. The molecule has 0 radical (unpaired) electrons. The summed E-state index contributed by atoms with van der Waals surface area (Å²) in [6.07, 6.45) is 5.23. The molecule has 0 bridgehead atoms. The highest BCUT2D eigenvalue weighted by Crippen LogP contribution is 2.30. The first-order chi connectivity index (χ1) is 15.7. The number of carbonyl (C=O) groups is 1. The Hall–Kier alpha value is -2.86. The number of imidazole rings is 1. The second kappa shape index (κ2) is 9.33. The number of hydrogen-bond donors (Lipinski definition) is 0. The van der Waals surface area contributed by atoms with Crippen LogP contribution in [0.5, 0.6) is 5.75 Å². The fraction of sp³-hybridized carbons (Fsp3) is 0.462. The Morgan fingerprint density at radius 1 is 0.969 bits per heavy atom. The molecule has 1 unspecified atom stereocenters. The summed E-state index contributed by atoms with van der Waals surface area (Å²) in [4.78, 5) is 22.4. The maximum absolute atomic E-state index is 13.1. The first-order valence-electron chi connectivity index (χ1n) is 11.8. The molecule has 1 aromatic heterocycles. The molecule has 32 heavy (non-hydrogen) atoms. The van der Waals surface area contributed by atoms with Crippen LogP contribution in [0.3, 0.4) is 0 Å². The van der Waals surface area contributed by atoms with Crippen LogP contribution < -0.4 is 4.74 Å². The zero-order valence-electron chi connectivity index (χ0n) is 18.8. The lowest BCUT2D eigenvalue weighted by Gasteiger charge is -2.39. The van der Waals surface area contributed by atoms with E-state index >= 15 is 0 Å². The molecule has 6 heteroatoms. The molecule has 0 spiro atoms. The van der Waals surface area contributed by atoms with Crippen LogP contribution in [-0.4, -0.2) is 58.0 Å². The maximum Gasteiger partial charge on any atom is 0.239 e. The number of para-hydroxylation sites is 3. The summed E-state index contributed by atoms with van der Waals surface area (Å²) in [5.74, 6) is 2.11. The molecule has 168 valence electrons. The fourth-order valence-corrected chi connectivity index (χ4v) is 5.21. The van der Waals surface area contributed by atoms with E-state index in [2.05, 4.69) is 39.6 Å². The highest BCUT2D eigenvalue weighted by Gasteiger charge is 2.33. The molecular weight excluding hydrogens is 400 g/mol. The SMILES string of the molecule is CN1CCCCC1C(=O)N1CCC(n2c(COc3ccccc3)nc3ccccc32)CC1. The Bertz CT molecular complexity index is 1060. The van der Waals surface area contributed by atoms with Gasteiger partial charge in [-0.2, -0.15) is 0 Å². The highest BCUT2D eigenvalue weighted by molar-refractivity contribution is 5.82. The van der Waals surface area contributed by atoms with Gasteiger partial charge in [0, 0.05) is 19.1 Å². The minimum atomic E-state index is 0.0595. The summed E-state index contributed by atoms with van der Waals surface area (Å²) < 4.78 is 8.40. The van der Waals surface area contributed by atoms with Crippen LogP contribution in [0.2, 0.25) is 0 Å². The van der Waals surface area contributed by atoms with Crippen LogP contribution in [0.25, 0.3) is 11.0 Å². The highest BCUT2D eigenvalue weighted by atomic mass is 16.5. The third-order valence-electron chi connectivity index (χ3n) is 6.98. The van der Waals surface area contributed by atoms with Gasteiger partial charge in [-0.3, -0.25) is 9.69 Å². The minimum Gasteiger partial charge on any atom is -0.486 e. The molecule has 0 saturated carbocycles. The van der Waals surface area contributed by atoms with Gasteiger partial charge in [0.05, 0.1) is 17.1 Å². The average Bonchev–Trinajstić information content (AvgIpc) is 3.22. The molecule has 0 N–H and O–H groups in total. The van der Waals surface area contributed by atoms with Gasteiger partial charge >= 0.3 is 0 Å². The van der Waals surface area contributed by atoms with E-state index in [1.165, 1.54) is 6.42 Å². The zero-order valence-corrected chi connectivity index (χ0v) is 18.8. The lowest BCUT2D eigenvalue weighted by atomic mass is 9.99. The summed E-state index contributed by atoms with van der Waals surface area (Å²) in [6.45, 7) is 3.07. The van der Waals surface area contributed by atoms with Crippen molar-refractivity contribution >= 4 is 16.9 Å². The Balaban J connectivity index is 1.32. The van der Waals surface area contributed by atoms with Crippen LogP contribution in [0, 0.1) is 0 Å². The first kappa shape index (κ1) is 21.0. The fourth-order valence-electron chi connectivity index (χ4n) is 5.21. The number of piperidine rings is 2. The Labute approximate surface area is 189 Å². The van der Waals surface area contributed by atoms with Crippen molar-refractivity contribution in [2.45, 2.75) is 50.8 Å². The van der Waals surface area contributed by atoms with E-state index in [1.54, 1.807) is 0 Å². The Kier molecular flexibility index (Phi) is 6.12. The zero-order chi connectivity index (χ0) is 21.9. The molecule has 2 aromatic carbocycles. The second-order valence-electron chi connectivity index (χ2n) is 9.04. The van der Waals surface area contributed by atoms with E-state index in [0.717, 1.165) is 67.9 Å². The van der Waals surface area contributed by atoms with Crippen LogP contribution in [0.15, 0.2) is 54.6 Å². The molecule has 2 fully saturated rings. The van der Waals surface area contributed by atoms with E-state index in [-0.39, 0.29) is 6.04 Å². The molecule has 1 atom stereocenters. The predicted octanol–water partition coefficient (Wildman–Crippen LogP) is 4.26. The number of benzene rings is 2.